The van der Waals surface area contributed by atoms with Gasteiger partial charge in [-0.1, -0.05) is 36.4 Å². The lowest BCUT2D eigenvalue weighted by atomic mass is 10.1. The van der Waals surface area contributed by atoms with Crippen LogP contribution in [0, 0.1) is 0 Å². The van der Waals surface area contributed by atoms with Crippen molar-refractivity contribution in [2.24, 2.45) is 19.1 Å². The molecule has 0 spiro atoms. The quantitative estimate of drug-likeness (QED) is 0.621. The van der Waals surface area contributed by atoms with Crippen molar-refractivity contribution in [3.05, 3.63) is 60.5 Å². The van der Waals surface area contributed by atoms with Crippen molar-refractivity contribution in [2.45, 2.75) is 0 Å². The van der Waals surface area contributed by atoms with Crippen molar-refractivity contribution in [3.8, 4) is 0 Å². The molecule has 1 aromatic heterocycles. The summed E-state index contributed by atoms with van der Waals surface area (Å²) in [5, 5.41) is 2.40. The van der Waals surface area contributed by atoms with Crippen LogP contribution in [0.2, 0.25) is 0 Å². The molecule has 0 unspecified atom stereocenters. The van der Waals surface area contributed by atoms with Crippen molar-refractivity contribution in [2.75, 3.05) is 0 Å². The molecule has 0 aliphatic rings. The van der Waals surface area contributed by atoms with Gasteiger partial charge in [0.1, 0.15) is 0 Å². The molecule has 0 aliphatic heterocycles. The summed E-state index contributed by atoms with van der Waals surface area (Å²) in [7, 11) is 4.01. The van der Waals surface area contributed by atoms with Gasteiger partial charge < -0.3 is 9.13 Å². The van der Waals surface area contributed by atoms with Crippen molar-refractivity contribution in [1.29, 1.82) is 0 Å². The van der Waals surface area contributed by atoms with Crippen molar-refractivity contribution in [1.82, 2.24) is 9.13 Å². The zero-order valence-electron chi connectivity index (χ0n) is 10.5. The number of aryl methyl sites for hydroxylation is 2. The highest BCUT2D eigenvalue weighted by Crippen LogP contribution is 2.24. The normalized spacial score (nSPS) is 10.8. The lowest BCUT2D eigenvalue weighted by Crippen LogP contribution is -2.21. The first-order valence-corrected chi connectivity index (χ1v) is 5.96. The molecule has 2 aromatic carbocycles. The topological polar surface area (TPSA) is 22.2 Å². The maximum Gasteiger partial charge on any atom is 0.209 e. The second kappa shape index (κ2) is 4.18. The number of hydrogen-bond acceptors (Lipinski definition) is 1. The second-order valence-corrected chi connectivity index (χ2v) is 4.43. The summed E-state index contributed by atoms with van der Waals surface area (Å²) in [6.45, 7) is 0. The SMILES string of the molecule is Cn1ccn(C)c1=Nc1cccc2ccccc12. The van der Waals surface area contributed by atoms with Gasteiger partial charge in [-0.15, -0.1) is 0 Å². The average molecular weight is 237 g/mol. The van der Waals surface area contributed by atoms with Gasteiger partial charge in [0.2, 0.25) is 5.62 Å². The van der Waals surface area contributed by atoms with Gasteiger partial charge in [-0.05, 0) is 11.5 Å². The van der Waals surface area contributed by atoms with Gasteiger partial charge in [-0.3, -0.25) is 0 Å². The summed E-state index contributed by atoms with van der Waals surface area (Å²) in [6.07, 6.45) is 4.01. The van der Waals surface area contributed by atoms with E-state index in [9.17, 15) is 0 Å². The van der Waals surface area contributed by atoms with E-state index >= 15 is 0 Å². The Balaban J connectivity index is 2.31. The van der Waals surface area contributed by atoms with Gasteiger partial charge in [-0.2, -0.15) is 0 Å². The molecular weight excluding hydrogens is 222 g/mol. The smallest absolute Gasteiger partial charge is 0.209 e. The highest BCUT2D eigenvalue weighted by atomic mass is 15.2. The van der Waals surface area contributed by atoms with Crippen molar-refractivity contribution in [3.63, 3.8) is 0 Å². The Kier molecular flexibility index (Phi) is 2.52. The van der Waals surface area contributed by atoms with Crippen LogP contribution in [0.3, 0.4) is 0 Å². The summed E-state index contributed by atoms with van der Waals surface area (Å²) in [5.41, 5.74) is 1.94. The van der Waals surface area contributed by atoms with E-state index in [0.717, 1.165) is 11.3 Å². The Bertz CT molecular complexity index is 735. The number of nitrogens with zero attached hydrogens (tertiary/aromatic N) is 3. The maximum atomic E-state index is 4.75. The molecule has 1 heterocycles. The fraction of sp³-hybridized carbons (Fsp3) is 0.133. The van der Waals surface area contributed by atoms with Crippen LogP contribution in [0.5, 0.6) is 0 Å². The third kappa shape index (κ3) is 1.74. The Morgan fingerprint density at radius 1 is 0.833 bits per heavy atom. The summed E-state index contributed by atoms with van der Waals surface area (Å²) >= 11 is 0. The summed E-state index contributed by atoms with van der Waals surface area (Å²) < 4.78 is 4.03. The van der Waals surface area contributed by atoms with Crippen LogP contribution in [0.25, 0.3) is 10.8 Å². The van der Waals surface area contributed by atoms with Crippen LogP contribution in [0.4, 0.5) is 5.69 Å². The minimum atomic E-state index is 0.936. The van der Waals surface area contributed by atoms with Crippen molar-refractivity contribution >= 4 is 16.5 Å². The van der Waals surface area contributed by atoms with Crippen molar-refractivity contribution < 1.29 is 0 Å². The van der Waals surface area contributed by atoms with Crippen LogP contribution in [0.15, 0.2) is 59.9 Å². The van der Waals surface area contributed by atoms with E-state index in [4.69, 9.17) is 4.99 Å². The largest absolute Gasteiger partial charge is 0.320 e. The number of imidazole rings is 1. The first-order chi connectivity index (χ1) is 8.75. The lowest BCUT2D eigenvalue weighted by Gasteiger charge is -2.02. The highest BCUT2D eigenvalue weighted by molar-refractivity contribution is 5.92. The van der Waals surface area contributed by atoms with Crippen LogP contribution < -0.4 is 5.62 Å². The molecule has 0 saturated heterocycles. The molecule has 0 atom stereocenters. The zero-order chi connectivity index (χ0) is 12.5. The number of benzene rings is 2. The van der Waals surface area contributed by atoms with Gasteiger partial charge in [0.25, 0.3) is 0 Å². The van der Waals surface area contributed by atoms with Crippen LogP contribution in [-0.2, 0) is 14.1 Å². The van der Waals surface area contributed by atoms with E-state index in [1.165, 1.54) is 10.8 Å². The molecule has 18 heavy (non-hydrogen) atoms. The van der Waals surface area contributed by atoms with E-state index in [2.05, 4.69) is 30.3 Å². The fourth-order valence-electron chi connectivity index (χ4n) is 2.15. The minimum absolute atomic E-state index is 0.936. The predicted octanol–water partition coefficient (Wildman–Crippen LogP) is 2.75. The summed E-state index contributed by atoms with van der Waals surface area (Å²) in [5.74, 6) is 0. The Hall–Kier alpha value is -2.29. The van der Waals surface area contributed by atoms with Crippen LogP contribution in [-0.4, -0.2) is 9.13 Å². The van der Waals surface area contributed by atoms with Crippen LogP contribution >= 0.6 is 0 Å². The fourth-order valence-corrected chi connectivity index (χ4v) is 2.15. The standard InChI is InChI=1S/C15H15N3/c1-17-10-11-18(2)15(17)16-14-9-5-7-12-6-3-4-8-13(12)14/h3-11H,1-2H3. The molecule has 3 heteroatoms. The molecule has 3 nitrogen and oxygen atoms in total. The number of hydrogen-bond donors (Lipinski definition) is 0. The first-order valence-electron chi connectivity index (χ1n) is 5.96. The highest BCUT2D eigenvalue weighted by Gasteiger charge is 1.99. The molecule has 0 N–H and O–H groups in total. The van der Waals surface area contributed by atoms with Gasteiger partial charge >= 0.3 is 0 Å². The van der Waals surface area contributed by atoms with E-state index in [1.54, 1.807) is 0 Å². The molecular formula is C15H15N3. The van der Waals surface area contributed by atoms with Gasteiger partial charge in [0.15, 0.2) is 0 Å². The summed E-state index contributed by atoms with van der Waals surface area (Å²) in [6, 6.07) is 14.5. The van der Waals surface area contributed by atoms with E-state index < -0.39 is 0 Å². The molecule has 0 saturated carbocycles. The summed E-state index contributed by atoms with van der Waals surface area (Å²) in [4.78, 5) is 4.75. The Morgan fingerprint density at radius 3 is 2.28 bits per heavy atom. The second-order valence-electron chi connectivity index (χ2n) is 4.43. The molecule has 0 radical (unpaired) electrons. The number of fused-ring (bicyclic) bond motifs is 1. The third-order valence-electron chi connectivity index (χ3n) is 3.13. The Labute approximate surface area is 106 Å². The molecule has 0 fully saturated rings. The molecule has 3 aromatic rings. The van der Waals surface area contributed by atoms with Gasteiger partial charge in [0.05, 0.1) is 5.69 Å². The lowest BCUT2D eigenvalue weighted by molar-refractivity contribution is 0.746. The Morgan fingerprint density at radius 2 is 1.50 bits per heavy atom. The molecule has 3 rings (SSSR count). The van der Waals surface area contributed by atoms with E-state index in [0.29, 0.717) is 0 Å². The monoisotopic (exact) mass is 237 g/mol. The predicted molar refractivity (Wildman–Crippen MR) is 73.6 cm³/mol. The first kappa shape index (κ1) is 10.8. The molecule has 0 amide bonds. The molecule has 0 aliphatic carbocycles. The van der Waals surface area contributed by atoms with E-state index in [-0.39, 0.29) is 0 Å². The van der Waals surface area contributed by atoms with E-state index in [1.807, 2.05) is 47.8 Å². The van der Waals surface area contributed by atoms with Crippen LogP contribution in [0.1, 0.15) is 0 Å². The third-order valence-corrected chi connectivity index (χ3v) is 3.13. The van der Waals surface area contributed by atoms with Gasteiger partial charge in [-0.25, -0.2) is 4.99 Å². The average Bonchev–Trinajstić information content (AvgIpc) is 2.71. The minimum Gasteiger partial charge on any atom is -0.320 e. The number of rotatable bonds is 1. The van der Waals surface area contributed by atoms with Gasteiger partial charge in [0, 0.05) is 31.9 Å². The molecule has 0 bridgehead atoms. The zero-order valence-corrected chi connectivity index (χ0v) is 10.5. The maximum absolute atomic E-state index is 4.75. The number of aromatic nitrogens is 2. The molecule has 90 valence electrons.